The van der Waals surface area contributed by atoms with Crippen LogP contribution in [0.1, 0.15) is 41.2 Å². The molecule has 9 heteroatoms. The molecule has 1 saturated carbocycles. The van der Waals surface area contributed by atoms with E-state index in [1.54, 1.807) is 13.1 Å². The van der Waals surface area contributed by atoms with Gasteiger partial charge in [-0.05, 0) is 37.5 Å². The number of aromatic amines is 1. The first-order valence-electron chi connectivity index (χ1n) is 9.67. The van der Waals surface area contributed by atoms with Crippen LogP contribution in [0.15, 0.2) is 57.0 Å². The van der Waals surface area contributed by atoms with Gasteiger partial charge in [0.1, 0.15) is 0 Å². The van der Waals surface area contributed by atoms with Crippen molar-refractivity contribution in [3.8, 4) is 0 Å². The molecule has 3 heterocycles. The summed E-state index contributed by atoms with van der Waals surface area (Å²) in [6, 6.07) is 9.50. The molecule has 1 aromatic heterocycles. The number of benzene rings is 1. The van der Waals surface area contributed by atoms with E-state index in [-0.39, 0.29) is 5.91 Å². The first-order chi connectivity index (χ1) is 14.2. The molecule has 3 N–H and O–H groups in total. The van der Waals surface area contributed by atoms with E-state index in [2.05, 4.69) is 32.0 Å². The summed E-state index contributed by atoms with van der Waals surface area (Å²) in [6.07, 6.45) is 5.51. The second-order valence-corrected chi connectivity index (χ2v) is 8.22. The van der Waals surface area contributed by atoms with Gasteiger partial charge in [-0.15, -0.1) is 0 Å². The number of amidine groups is 2. The molecule has 1 amide bonds. The van der Waals surface area contributed by atoms with Crippen LogP contribution in [-0.2, 0) is 0 Å². The Labute approximate surface area is 172 Å². The molecule has 0 unspecified atom stereocenters. The molecule has 148 valence electrons. The summed E-state index contributed by atoms with van der Waals surface area (Å²) >= 11 is 1.47. The molecule has 0 spiro atoms. The van der Waals surface area contributed by atoms with Gasteiger partial charge in [0.25, 0.3) is 5.91 Å². The Morgan fingerprint density at radius 3 is 3.07 bits per heavy atom. The summed E-state index contributed by atoms with van der Waals surface area (Å²) in [6.45, 7) is 0.861. The maximum absolute atomic E-state index is 11.9. The number of nitrogens with zero attached hydrogens (tertiary/aromatic N) is 4. The summed E-state index contributed by atoms with van der Waals surface area (Å²) in [5, 5.41) is 12.9. The first kappa shape index (κ1) is 18.0. The van der Waals surface area contributed by atoms with Crippen molar-refractivity contribution in [1.82, 2.24) is 25.9 Å². The van der Waals surface area contributed by atoms with Gasteiger partial charge in [-0.25, -0.2) is 9.98 Å². The van der Waals surface area contributed by atoms with Gasteiger partial charge in [0.2, 0.25) is 0 Å². The van der Waals surface area contributed by atoms with Gasteiger partial charge < -0.3 is 5.32 Å². The second kappa shape index (κ2) is 7.40. The van der Waals surface area contributed by atoms with E-state index in [0.717, 1.165) is 34.4 Å². The standard InChI is InChI=1S/C20H21N7OS/c1-21-19(28)13-4-2-5-14(10-13)29-20-23-18(16-6-3-9-27(16)26-20)22-17-11-15(24-25-17)12-7-8-12/h2,4-6,10-12H,3,7-9H2,1H3,(H,21,28)(H2,22,23,24,25,26). The van der Waals surface area contributed by atoms with Crippen LogP contribution in [0.5, 0.6) is 0 Å². The number of fused-ring (bicyclic) bond motifs is 1. The van der Waals surface area contributed by atoms with Crippen LogP contribution in [0.2, 0.25) is 0 Å². The molecule has 1 fully saturated rings. The zero-order valence-electron chi connectivity index (χ0n) is 16.0. The molecule has 2 aromatic rings. The predicted molar refractivity (Wildman–Crippen MR) is 113 cm³/mol. The lowest BCUT2D eigenvalue weighted by atomic mass is 10.2. The molecule has 5 rings (SSSR count). The molecule has 0 radical (unpaired) electrons. The Bertz CT molecular complexity index is 1050. The number of amides is 1. The smallest absolute Gasteiger partial charge is 0.251 e. The van der Waals surface area contributed by atoms with E-state index < -0.39 is 0 Å². The summed E-state index contributed by atoms with van der Waals surface area (Å²) in [5.74, 6) is 1.81. The van der Waals surface area contributed by atoms with Crippen molar-refractivity contribution in [3.63, 3.8) is 0 Å². The fourth-order valence-corrected chi connectivity index (χ4v) is 4.21. The zero-order chi connectivity index (χ0) is 19.8. The third-order valence-corrected chi connectivity index (χ3v) is 5.87. The molecule has 0 atom stereocenters. The number of H-pyrrole nitrogens is 1. The van der Waals surface area contributed by atoms with Crippen molar-refractivity contribution in [2.45, 2.75) is 30.1 Å². The summed E-state index contributed by atoms with van der Waals surface area (Å²) in [4.78, 5) is 22.3. The third kappa shape index (κ3) is 3.77. The van der Waals surface area contributed by atoms with Gasteiger partial charge in [0.05, 0.1) is 5.70 Å². The molecule has 3 aliphatic rings. The molecule has 0 bridgehead atoms. The number of thioether (sulfide) groups is 1. The number of hydrogen-bond donors (Lipinski definition) is 3. The second-order valence-electron chi connectivity index (χ2n) is 7.16. The summed E-state index contributed by atoms with van der Waals surface area (Å²) in [7, 11) is 1.63. The van der Waals surface area contributed by atoms with Crippen molar-refractivity contribution < 1.29 is 4.79 Å². The summed E-state index contributed by atoms with van der Waals surface area (Å²) < 4.78 is 0. The number of carbonyl (C=O) groups excluding carboxylic acids is 1. The van der Waals surface area contributed by atoms with Crippen molar-refractivity contribution in [3.05, 3.63) is 53.4 Å². The maximum Gasteiger partial charge on any atom is 0.251 e. The van der Waals surface area contributed by atoms with Gasteiger partial charge in [0.15, 0.2) is 16.8 Å². The van der Waals surface area contributed by atoms with E-state index in [1.807, 2.05) is 24.3 Å². The fourth-order valence-electron chi connectivity index (χ4n) is 3.36. The highest BCUT2D eigenvalue weighted by atomic mass is 32.2. The first-order valence-corrected chi connectivity index (χ1v) is 10.5. The molecule has 1 aliphatic carbocycles. The van der Waals surface area contributed by atoms with Crippen LogP contribution < -0.4 is 10.7 Å². The minimum atomic E-state index is -0.108. The van der Waals surface area contributed by atoms with Crippen LogP contribution >= 0.6 is 11.8 Å². The van der Waals surface area contributed by atoms with E-state index >= 15 is 0 Å². The zero-order valence-corrected chi connectivity index (χ0v) is 16.8. The number of aliphatic imine (C=N–C) groups is 2. The number of nitrogens with one attached hydrogen (secondary N) is 3. The Morgan fingerprint density at radius 1 is 1.34 bits per heavy atom. The topological polar surface area (TPSA) is 97.8 Å². The monoisotopic (exact) mass is 407 g/mol. The molecular formula is C20H21N7OS. The Hall–Kier alpha value is -3.07. The molecule has 2 aliphatic heterocycles. The quantitative estimate of drug-likeness (QED) is 0.724. The molecule has 8 nitrogen and oxygen atoms in total. The number of rotatable bonds is 4. The third-order valence-electron chi connectivity index (χ3n) is 5.01. The lowest BCUT2D eigenvalue weighted by molar-refractivity contribution is 0.0963. The van der Waals surface area contributed by atoms with Gasteiger partial charge in [-0.3, -0.25) is 20.3 Å². The number of aromatic nitrogens is 2. The molecular weight excluding hydrogens is 386 g/mol. The Balaban J connectivity index is 1.42. The lowest BCUT2D eigenvalue weighted by Crippen LogP contribution is -2.44. The number of hydrazine groups is 1. The minimum absolute atomic E-state index is 0.108. The molecule has 0 saturated heterocycles. The van der Waals surface area contributed by atoms with Crippen LogP contribution in [0.4, 0.5) is 5.82 Å². The Morgan fingerprint density at radius 2 is 2.24 bits per heavy atom. The SMILES string of the molecule is CNC(=O)c1cccc(SC2=NC(=Nc3cc(C4CC4)[nH]n3)C3=CCCN3N2)c1. The van der Waals surface area contributed by atoms with Gasteiger partial charge in [-0.1, -0.05) is 23.9 Å². The van der Waals surface area contributed by atoms with E-state index in [0.29, 0.717) is 23.1 Å². The largest absolute Gasteiger partial charge is 0.355 e. The van der Waals surface area contributed by atoms with Crippen molar-refractivity contribution in [2.24, 2.45) is 9.98 Å². The van der Waals surface area contributed by atoms with E-state index in [1.165, 1.54) is 24.6 Å². The van der Waals surface area contributed by atoms with Gasteiger partial charge >= 0.3 is 0 Å². The van der Waals surface area contributed by atoms with E-state index in [4.69, 9.17) is 9.98 Å². The van der Waals surface area contributed by atoms with Gasteiger partial charge in [-0.2, -0.15) is 5.10 Å². The normalized spacial score (nSPS) is 19.5. The minimum Gasteiger partial charge on any atom is -0.355 e. The molecule has 29 heavy (non-hydrogen) atoms. The average Bonchev–Trinajstić information content (AvgIpc) is 3.28. The Kier molecular flexibility index (Phi) is 4.59. The fraction of sp³-hybridized carbons (Fsp3) is 0.300. The highest BCUT2D eigenvalue weighted by molar-refractivity contribution is 8.13. The van der Waals surface area contributed by atoms with Crippen LogP contribution in [0.3, 0.4) is 0 Å². The number of carbonyl (C=O) groups is 1. The maximum atomic E-state index is 11.9. The van der Waals surface area contributed by atoms with Crippen molar-refractivity contribution in [2.75, 3.05) is 13.6 Å². The van der Waals surface area contributed by atoms with E-state index in [9.17, 15) is 4.79 Å². The predicted octanol–water partition coefficient (Wildman–Crippen LogP) is 2.93. The average molecular weight is 408 g/mol. The van der Waals surface area contributed by atoms with Crippen LogP contribution in [0, 0.1) is 0 Å². The highest BCUT2D eigenvalue weighted by Gasteiger charge is 2.28. The van der Waals surface area contributed by atoms with Gasteiger partial charge in [0, 0.05) is 41.7 Å². The van der Waals surface area contributed by atoms with Crippen LogP contribution in [0.25, 0.3) is 0 Å². The lowest BCUT2D eigenvalue weighted by Gasteiger charge is -2.28. The van der Waals surface area contributed by atoms with Crippen molar-refractivity contribution >= 4 is 34.5 Å². The summed E-state index contributed by atoms with van der Waals surface area (Å²) in [5.41, 5.74) is 6.09. The van der Waals surface area contributed by atoms with Crippen LogP contribution in [-0.4, -0.2) is 45.7 Å². The number of hydrogen-bond acceptors (Lipinski definition) is 6. The molecule has 1 aromatic carbocycles. The highest BCUT2D eigenvalue weighted by Crippen LogP contribution is 2.40. The van der Waals surface area contributed by atoms with Crippen molar-refractivity contribution in [1.29, 1.82) is 0 Å².